The molecule has 1 aromatic carbocycles. The molecule has 0 aliphatic rings. The van der Waals surface area contributed by atoms with Crippen molar-refractivity contribution in [3.63, 3.8) is 0 Å². The Bertz CT molecular complexity index is 1030. The van der Waals surface area contributed by atoms with Crippen molar-refractivity contribution < 1.29 is 27.5 Å². The predicted octanol–water partition coefficient (Wildman–Crippen LogP) is 1.39. The molecule has 0 bridgehead atoms. The quantitative estimate of drug-likeness (QED) is 0.420. The topological polar surface area (TPSA) is 144 Å². The average Bonchev–Trinajstić information content (AvgIpc) is 2.80. The van der Waals surface area contributed by atoms with E-state index in [0.29, 0.717) is 6.42 Å². The third-order valence-electron chi connectivity index (χ3n) is 4.36. The fourth-order valence-corrected chi connectivity index (χ4v) is 3.69. The Morgan fingerprint density at radius 2 is 1.70 bits per heavy atom. The van der Waals surface area contributed by atoms with Crippen molar-refractivity contribution in [1.29, 1.82) is 0 Å². The van der Waals surface area contributed by atoms with E-state index in [0.717, 1.165) is 5.56 Å². The van der Waals surface area contributed by atoms with Gasteiger partial charge in [-0.05, 0) is 30.0 Å². The van der Waals surface area contributed by atoms with Crippen LogP contribution in [0.2, 0.25) is 0 Å². The number of aromatic nitrogens is 1. The van der Waals surface area contributed by atoms with Crippen LogP contribution >= 0.6 is 0 Å². The molecule has 178 valence electrons. The van der Waals surface area contributed by atoms with Gasteiger partial charge < -0.3 is 15.4 Å². The highest BCUT2D eigenvalue weighted by Crippen LogP contribution is 2.07. The molecule has 0 aliphatic carbocycles. The van der Waals surface area contributed by atoms with Crippen molar-refractivity contribution in [2.45, 2.75) is 37.9 Å². The Kier molecular flexibility index (Phi) is 9.95. The first kappa shape index (κ1) is 25.9. The summed E-state index contributed by atoms with van der Waals surface area (Å²) in [5, 5.41) is 4.74. The summed E-state index contributed by atoms with van der Waals surface area (Å²) in [6, 6.07) is 12.6. The smallest absolute Gasteiger partial charge is 0.408 e. The van der Waals surface area contributed by atoms with Gasteiger partial charge in [0.15, 0.2) is 10.8 Å². The number of hydrogen-bond donors (Lipinski definition) is 3. The molecule has 2 rings (SSSR count). The molecule has 0 fully saturated rings. The number of benzene rings is 1. The lowest BCUT2D eigenvalue weighted by Crippen LogP contribution is -2.49. The Balaban J connectivity index is 1.83. The maximum Gasteiger partial charge on any atom is 0.408 e. The number of alkyl carbamates (subject to hydrolysis) is 1. The van der Waals surface area contributed by atoms with Crippen LogP contribution in [0.15, 0.2) is 59.8 Å². The van der Waals surface area contributed by atoms with Crippen molar-refractivity contribution in [2.75, 3.05) is 13.1 Å². The first-order valence-corrected chi connectivity index (χ1v) is 11.8. The van der Waals surface area contributed by atoms with Gasteiger partial charge in [0.05, 0.1) is 13.1 Å². The second kappa shape index (κ2) is 12.7. The minimum Gasteiger partial charge on any atom is -0.445 e. The molecule has 3 N–H and O–H groups in total. The number of Topliss-reactive ketones (excluding diaryl/α,β-unsaturated/α-hetero) is 1. The van der Waals surface area contributed by atoms with E-state index < -0.39 is 46.9 Å². The van der Waals surface area contributed by atoms with E-state index in [2.05, 4.69) is 20.3 Å². The normalized spacial score (nSPS) is 12.1. The van der Waals surface area contributed by atoms with Crippen LogP contribution in [0, 0.1) is 5.92 Å². The van der Waals surface area contributed by atoms with Crippen molar-refractivity contribution >= 4 is 27.8 Å². The van der Waals surface area contributed by atoms with Crippen molar-refractivity contribution in [1.82, 2.24) is 20.3 Å². The monoisotopic (exact) mass is 476 g/mol. The van der Waals surface area contributed by atoms with Gasteiger partial charge in [-0.1, -0.05) is 50.2 Å². The molecule has 2 amide bonds. The lowest BCUT2D eigenvalue weighted by atomic mass is 10.0. The highest BCUT2D eigenvalue weighted by Gasteiger charge is 2.23. The summed E-state index contributed by atoms with van der Waals surface area (Å²) in [6.07, 6.45) is 0.893. The fourth-order valence-electron chi connectivity index (χ4n) is 2.74. The number of rotatable bonds is 12. The van der Waals surface area contributed by atoms with Crippen molar-refractivity contribution in [2.24, 2.45) is 5.92 Å². The molecule has 1 atom stereocenters. The number of nitrogens with zero attached hydrogens (tertiary/aromatic N) is 1. The van der Waals surface area contributed by atoms with Gasteiger partial charge in [-0.2, -0.15) is 0 Å². The number of ether oxygens (including phenoxy) is 1. The minimum atomic E-state index is -3.94. The molecule has 0 radical (unpaired) electrons. The summed E-state index contributed by atoms with van der Waals surface area (Å²) in [6.45, 7) is 2.90. The van der Waals surface area contributed by atoms with E-state index in [4.69, 9.17) is 4.74 Å². The SMILES string of the molecule is CC(C)C[C@H](NC(=O)OCc1ccccc1)C(=O)NCC(=O)CNS(=O)(=O)c1ccccn1. The molecule has 0 saturated carbocycles. The van der Waals surface area contributed by atoms with Gasteiger partial charge in [-0.25, -0.2) is 22.9 Å². The zero-order valence-corrected chi connectivity index (χ0v) is 19.3. The summed E-state index contributed by atoms with van der Waals surface area (Å²) >= 11 is 0. The highest BCUT2D eigenvalue weighted by atomic mass is 32.2. The lowest BCUT2D eigenvalue weighted by Gasteiger charge is -2.20. The molecule has 10 nitrogen and oxygen atoms in total. The first-order valence-electron chi connectivity index (χ1n) is 10.3. The van der Waals surface area contributed by atoms with Crippen molar-refractivity contribution in [3.05, 3.63) is 60.3 Å². The Morgan fingerprint density at radius 1 is 1.00 bits per heavy atom. The molecule has 33 heavy (non-hydrogen) atoms. The number of sulfonamides is 1. The number of ketones is 1. The second-order valence-electron chi connectivity index (χ2n) is 7.64. The number of carbonyl (C=O) groups excluding carboxylic acids is 3. The lowest BCUT2D eigenvalue weighted by molar-refractivity contribution is -0.126. The van der Waals surface area contributed by atoms with Crippen molar-refractivity contribution in [3.8, 4) is 0 Å². The van der Waals surface area contributed by atoms with Crippen LogP contribution in [0.1, 0.15) is 25.8 Å². The largest absolute Gasteiger partial charge is 0.445 e. The van der Waals surface area contributed by atoms with E-state index in [1.807, 2.05) is 32.0 Å². The number of carbonyl (C=O) groups is 3. The summed E-state index contributed by atoms with van der Waals surface area (Å²) < 4.78 is 31.5. The molecular weight excluding hydrogens is 448 g/mol. The van der Waals surface area contributed by atoms with E-state index in [-0.39, 0.29) is 17.6 Å². The van der Waals surface area contributed by atoms with Crippen LogP contribution in [0.4, 0.5) is 4.79 Å². The molecule has 0 aliphatic heterocycles. The Labute approximate surface area is 193 Å². The molecule has 0 unspecified atom stereocenters. The van der Waals surface area contributed by atoms with Gasteiger partial charge in [0, 0.05) is 6.20 Å². The van der Waals surface area contributed by atoms with E-state index >= 15 is 0 Å². The Morgan fingerprint density at radius 3 is 2.33 bits per heavy atom. The van der Waals surface area contributed by atoms with Crippen LogP contribution in [-0.4, -0.2) is 50.3 Å². The van der Waals surface area contributed by atoms with Gasteiger partial charge in [0.1, 0.15) is 12.6 Å². The van der Waals surface area contributed by atoms with E-state index in [9.17, 15) is 22.8 Å². The summed E-state index contributed by atoms with van der Waals surface area (Å²) in [5.74, 6) is -1.05. The number of hydrogen-bond acceptors (Lipinski definition) is 7. The maximum atomic E-state index is 12.5. The summed E-state index contributed by atoms with van der Waals surface area (Å²) in [4.78, 5) is 40.5. The van der Waals surface area contributed by atoms with Crippen LogP contribution in [0.5, 0.6) is 0 Å². The number of pyridine rings is 1. The van der Waals surface area contributed by atoms with E-state index in [1.54, 1.807) is 18.2 Å². The van der Waals surface area contributed by atoms with Gasteiger partial charge >= 0.3 is 6.09 Å². The molecule has 0 saturated heterocycles. The third kappa shape index (κ3) is 9.38. The van der Waals surface area contributed by atoms with Crippen LogP contribution < -0.4 is 15.4 Å². The van der Waals surface area contributed by atoms with Crippen LogP contribution in [0.25, 0.3) is 0 Å². The van der Waals surface area contributed by atoms with Crippen LogP contribution in [0.3, 0.4) is 0 Å². The zero-order chi connectivity index (χ0) is 24.3. The van der Waals surface area contributed by atoms with Gasteiger partial charge in [-0.3, -0.25) is 9.59 Å². The zero-order valence-electron chi connectivity index (χ0n) is 18.5. The Hall–Kier alpha value is -3.31. The standard InChI is InChI=1S/C22H28N4O6S/c1-16(2)12-19(26-22(29)32-15-17-8-4-3-5-9-17)21(28)24-13-18(27)14-25-33(30,31)20-10-6-7-11-23-20/h3-11,16,19,25H,12-15H2,1-2H3,(H,24,28)(H,26,29)/t19-/m0/s1. The molecule has 2 aromatic rings. The average molecular weight is 477 g/mol. The molecule has 1 aromatic heterocycles. The summed E-state index contributed by atoms with van der Waals surface area (Å²) in [5.41, 5.74) is 0.802. The number of amides is 2. The van der Waals surface area contributed by atoms with Crippen LogP contribution in [-0.2, 0) is 31.0 Å². The highest BCUT2D eigenvalue weighted by molar-refractivity contribution is 7.89. The number of nitrogens with one attached hydrogen (secondary N) is 3. The minimum absolute atomic E-state index is 0.0532. The third-order valence-corrected chi connectivity index (χ3v) is 5.68. The van der Waals surface area contributed by atoms with Gasteiger partial charge in [-0.15, -0.1) is 0 Å². The molecule has 0 spiro atoms. The summed E-state index contributed by atoms with van der Waals surface area (Å²) in [7, 11) is -3.94. The first-order chi connectivity index (χ1) is 15.7. The molecule has 1 heterocycles. The fraction of sp³-hybridized carbons (Fsp3) is 0.364. The second-order valence-corrected chi connectivity index (χ2v) is 9.35. The van der Waals surface area contributed by atoms with Gasteiger partial charge in [0.25, 0.3) is 10.0 Å². The maximum absolute atomic E-state index is 12.5. The van der Waals surface area contributed by atoms with Gasteiger partial charge in [0.2, 0.25) is 5.91 Å². The molecule has 11 heteroatoms. The molecular formula is C22H28N4O6S. The predicted molar refractivity (Wildman–Crippen MR) is 120 cm³/mol. The van der Waals surface area contributed by atoms with E-state index in [1.165, 1.54) is 18.3 Å².